The molecule has 1 aliphatic carbocycles. The van der Waals surface area contributed by atoms with Crippen LogP contribution in [0.25, 0.3) is 0 Å². The number of nitrogens with zero attached hydrogens (tertiary/aromatic N) is 4. The molecule has 1 aromatic carbocycles. The molecule has 3 aromatic rings. The maximum Gasteiger partial charge on any atom is 0.435 e. The van der Waals surface area contributed by atoms with Crippen LogP contribution in [0.4, 0.5) is 13.2 Å². The molecule has 38 heavy (non-hydrogen) atoms. The van der Waals surface area contributed by atoms with Crippen LogP contribution in [0.15, 0.2) is 30.3 Å². The monoisotopic (exact) mass is 545 g/mol. The van der Waals surface area contributed by atoms with Crippen molar-refractivity contribution >= 4 is 23.2 Å². The van der Waals surface area contributed by atoms with Gasteiger partial charge in [-0.2, -0.15) is 18.3 Å². The zero-order chi connectivity index (χ0) is 27.0. The number of thiazole rings is 1. The molecular formula is C27H30F3N5O2S. The van der Waals surface area contributed by atoms with Gasteiger partial charge in [0.25, 0.3) is 5.91 Å². The Morgan fingerprint density at radius 3 is 2.58 bits per heavy atom. The second-order valence-electron chi connectivity index (χ2n) is 10.1. The van der Waals surface area contributed by atoms with Crippen LogP contribution < -0.4 is 5.32 Å². The summed E-state index contributed by atoms with van der Waals surface area (Å²) in [7, 11) is 0. The summed E-state index contributed by atoms with van der Waals surface area (Å²) < 4.78 is 39.9. The number of nitrogens with one attached hydrogen (secondary N) is 1. The number of rotatable bonds is 5. The fraction of sp³-hybridized carbons (Fsp3) is 0.481. The first kappa shape index (κ1) is 26.4. The van der Waals surface area contributed by atoms with Crippen molar-refractivity contribution in [2.45, 2.75) is 70.6 Å². The van der Waals surface area contributed by atoms with Crippen molar-refractivity contribution in [1.29, 1.82) is 0 Å². The summed E-state index contributed by atoms with van der Waals surface area (Å²) >= 11 is 1.52. The summed E-state index contributed by atoms with van der Waals surface area (Å²) in [5.74, 6) is -0.290. The normalized spacial score (nSPS) is 18.3. The maximum absolute atomic E-state index is 13.1. The second-order valence-corrected chi connectivity index (χ2v) is 11.3. The fourth-order valence-electron chi connectivity index (χ4n) is 5.35. The molecule has 0 radical (unpaired) electrons. The average molecular weight is 546 g/mol. The molecule has 202 valence electrons. The molecule has 0 bridgehead atoms. The van der Waals surface area contributed by atoms with Crippen molar-refractivity contribution in [2.24, 2.45) is 0 Å². The van der Waals surface area contributed by atoms with Crippen LogP contribution in [0.3, 0.4) is 0 Å². The van der Waals surface area contributed by atoms with Gasteiger partial charge >= 0.3 is 6.18 Å². The number of aromatic nitrogens is 3. The summed E-state index contributed by atoms with van der Waals surface area (Å²) in [4.78, 5) is 33.2. The Labute approximate surface area is 223 Å². The number of halogens is 3. The van der Waals surface area contributed by atoms with Gasteiger partial charge in [0.05, 0.1) is 11.0 Å². The number of carbonyl (C=O) groups is 2. The van der Waals surface area contributed by atoms with Crippen LogP contribution in [0, 0.1) is 13.8 Å². The number of benzene rings is 1. The summed E-state index contributed by atoms with van der Waals surface area (Å²) in [6, 6.07) is 9.16. The van der Waals surface area contributed by atoms with Crippen molar-refractivity contribution in [2.75, 3.05) is 13.1 Å². The third kappa shape index (κ3) is 5.48. The van der Waals surface area contributed by atoms with E-state index in [0.29, 0.717) is 37.3 Å². The van der Waals surface area contributed by atoms with Crippen LogP contribution >= 0.6 is 11.3 Å². The number of alkyl halides is 3. The lowest BCUT2D eigenvalue weighted by Gasteiger charge is -2.31. The lowest BCUT2D eigenvalue weighted by Crippen LogP contribution is -2.40. The number of carbonyl (C=O) groups excluding carboxylic acids is 2. The minimum Gasteiger partial charge on any atom is -0.344 e. The first-order valence-electron chi connectivity index (χ1n) is 12.9. The van der Waals surface area contributed by atoms with E-state index in [4.69, 9.17) is 4.98 Å². The molecule has 1 atom stereocenters. The van der Waals surface area contributed by atoms with Crippen molar-refractivity contribution in [3.05, 3.63) is 68.4 Å². The highest BCUT2D eigenvalue weighted by Gasteiger charge is 2.35. The predicted molar refractivity (Wildman–Crippen MR) is 137 cm³/mol. The highest BCUT2D eigenvalue weighted by atomic mass is 32.1. The van der Waals surface area contributed by atoms with E-state index in [9.17, 15) is 22.8 Å². The largest absolute Gasteiger partial charge is 0.435 e. The van der Waals surface area contributed by atoms with E-state index < -0.39 is 11.9 Å². The maximum atomic E-state index is 13.1. The van der Waals surface area contributed by atoms with Gasteiger partial charge in [-0.05, 0) is 63.1 Å². The summed E-state index contributed by atoms with van der Waals surface area (Å²) in [5.41, 5.74) is 2.22. The third-order valence-electron chi connectivity index (χ3n) is 7.46. The Kier molecular flexibility index (Phi) is 7.30. The van der Waals surface area contributed by atoms with E-state index in [1.54, 1.807) is 4.90 Å². The standard InChI is InChI=1S/C27H30F3N5O2S/c1-16-14-22(27(28,29)30)33-35(16)15-23(36)34-12-10-19(11-13-34)26-32-24(17(2)38-26)25(37)31-21-9-5-7-18-6-3-4-8-20(18)21/h3-4,6,8,14,19,21H,5,7,9-13,15H2,1-2H3,(H,31,37)/t21-/m1/s1. The van der Waals surface area contributed by atoms with Crippen molar-refractivity contribution < 1.29 is 22.8 Å². The topological polar surface area (TPSA) is 80.1 Å². The van der Waals surface area contributed by atoms with E-state index >= 15 is 0 Å². The van der Waals surface area contributed by atoms with Gasteiger partial charge < -0.3 is 10.2 Å². The second kappa shape index (κ2) is 10.5. The zero-order valence-electron chi connectivity index (χ0n) is 21.3. The molecule has 11 heteroatoms. The fourth-order valence-corrected chi connectivity index (χ4v) is 6.43. The van der Waals surface area contributed by atoms with Gasteiger partial charge in [-0.15, -0.1) is 11.3 Å². The molecule has 3 heterocycles. The molecule has 2 aromatic heterocycles. The molecule has 1 N–H and O–H groups in total. The first-order valence-corrected chi connectivity index (χ1v) is 13.7. The Balaban J connectivity index is 1.19. The zero-order valence-corrected chi connectivity index (χ0v) is 22.2. The minimum atomic E-state index is -4.54. The highest BCUT2D eigenvalue weighted by molar-refractivity contribution is 7.12. The number of fused-ring (bicyclic) bond motifs is 1. The molecule has 0 saturated carbocycles. The van der Waals surface area contributed by atoms with Gasteiger partial charge in [0.2, 0.25) is 5.91 Å². The van der Waals surface area contributed by atoms with E-state index in [0.717, 1.165) is 39.9 Å². The van der Waals surface area contributed by atoms with Gasteiger partial charge in [0.15, 0.2) is 5.69 Å². The smallest absolute Gasteiger partial charge is 0.344 e. The van der Waals surface area contributed by atoms with Crippen LogP contribution in [0.5, 0.6) is 0 Å². The van der Waals surface area contributed by atoms with Crippen LogP contribution in [0.1, 0.15) is 80.5 Å². The van der Waals surface area contributed by atoms with Gasteiger partial charge in [-0.1, -0.05) is 24.3 Å². The number of hydrogen-bond donors (Lipinski definition) is 1. The molecule has 1 aliphatic heterocycles. The van der Waals surface area contributed by atoms with E-state index in [-0.39, 0.29) is 30.3 Å². The minimum absolute atomic E-state index is 0.0168. The lowest BCUT2D eigenvalue weighted by atomic mass is 9.87. The summed E-state index contributed by atoms with van der Waals surface area (Å²) in [5, 5.41) is 7.63. The first-order chi connectivity index (χ1) is 18.1. The molecular weight excluding hydrogens is 515 g/mol. The summed E-state index contributed by atoms with van der Waals surface area (Å²) in [6.45, 7) is 4.15. The van der Waals surface area contributed by atoms with Crippen LogP contribution in [-0.2, 0) is 23.9 Å². The van der Waals surface area contributed by atoms with Crippen LogP contribution in [-0.4, -0.2) is 44.6 Å². The Morgan fingerprint density at radius 1 is 1.13 bits per heavy atom. The van der Waals surface area contributed by atoms with Gasteiger partial charge in [-0.25, -0.2) is 4.98 Å². The summed E-state index contributed by atoms with van der Waals surface area (Å²) in [6.07, 6.45) is -0.214. The number of hydrogen-bond acceptors (Lipinski definition) is 5. The Morgan fingerprint density at radius 2 is 1.87 bits per heavy atom. The molecule has 0 spiro atoms. The predicted octanol–water partition coefficient (Wildman–Crippen LogP) is 5.19. The quantitative estimate of drug-likeness (QED) is 0.479. The molecule has 1 saturated heterocycles. The Bertz CT molecular complexity index is 1340. The van der Waals surface area contributed by atoms with Gasteiger partial charge in [-0.3, -0.25) is 14.3 Å². The van der Waals surface area contributed by atoms with Crippen molar-refractivity contribution in [1.82, 2.24) is 25.0 Å². The van der Waals surface area contributed by atoms with Gasteiger partial charge in [0, 0.05) is 29.6 Å². The molecule has 2 aliphatic rings. The van der Waals surface area contributed by atoms with Gasteiger partial charge in [0.1, 0.15) is 12.2 Å². The molecule has 5 rings (SSSR count). The van der Waals surface area contributed by atoms with Crippen LogP contribution in [0.2, 0.25) is 0 Å². The van der Waals surface area contributed by atoms with E-state index in [2.05, 4.69) is 22.5 Å². The van der Waals surface area contributed by atoms with E-state index in [1.165, 1.54) is 29.4 Å². The molecule has 2 amide bonds. The SMILES string of the molecule is Cc1sc(C2CCN(C(=O)Cn3nc(C(F)(F)F)cc3C)CC2)nc1C(=O)N[C@@H]1CCCc2ccccc21. The molecule has 7 nitrogen and oxygen atoms in total. The number of piperidine rings is 1. The average Bonchev–Trinajstić information content (AvgIpc) is 3.47. The van der Waals surface area contributed by atoms with Crippen molar-refractivity contribution in [3.63, 3.8) is 0 Å². The number of likely N-dealkylation sites (tertiary alicyclic amines) is 1. The highest BCUT2D eigenvalue weighted by Crippen LogP contribution is 2.34. The van der Waals surface area contributed by atoms with Crippen molar-refractivity contribution in [3.8, 4) is 0 Å². The number of amides is 2. The number of aryl methyl sites for hydroxylation is 3. The van der Waals surface area contributed by atoms with E-state index in [1.807, 2.05) is 19.1 Å². The lowest BCUT2D eigenvalue weighted by molar-refractivity contribution is -0.142. The third-order valence-corrected chi connectivity index (χ3v) is 8.59. The molecule has 0 unspecified atom stereocenters. The Hall–Kier alpha value is -3.21. The molecule has 1 fully saturated rings.